The highest BCUT2D eigenvalue weighted by atomic mass is 35.5. The van der Waals surface area contributed by atoms with E-state index in [1.54, 1.807) is 29.4 Å². The van der Waals surface area contributed by atoms with Crippen molar-refractivity contribution in [2.24, 2.45) is 0 Å². The maximum atomic E-state index is 13.4. The van der Waals surface area contributed by atoms with Gasteiger partial charge in [0, 0.05) is 35.1 Å². The van der Waals surface area contributed by atoms with Crippen molar-refractivity contribution in [1.82, 2.24) is 20.2 Å². The molecule has 2 heterocycles. The van der Waals surface area contributed by atoms with Crippen molar-refractivity contribution in [3.63, 3.8) is 0 Å². The number of aromatic amines is 1. The SMILES string of the molecule is COC(=O)[C@@H](Cc1ccccc1)NC(=O)N1CCc2[nH]cnc2[C@H]1c1ccc(Cl)cc1Cl. The summed E-state index contributed by atoms with van der Waals surface area (Å²) in [7, 11) is 1.31. The zero-order valence-corrected chi connectivity index (χ0v) is 18.9. The van der Waals surface area contributed by atoms with E-state index < -0.39 is 24.1 Å². The van der Waals surface area contributed by atoms with Crippen LogP contribution in [-0.2, 0) is 22.4 Å². The molecule has 4 rings (SSSR count). The number of nitrogens with one attached hydrogen (secondary N) is 2. The minimum absolute atomic E-state index is 0.313. The van der Waals surface area contributed by atoms with Crippen LogP contribution in [0.15, 0.2) is 54.9 Å². The first-order valence-electron chi connectivity index (χ1n) is 10.1. The third-order valence-electron chi connectivity index (χ3n) is 5.51. The number of ether oxygens (including phenoxy) is 1. The van der Waals surface area contributed by atoms with Crippen molar-refractivity contribution in [3.8, 4) is 0 Å². The predicted molar refractivity (Wildman–Crippen MR) is 122 cm³/mol. The number of benzene rings is 2. The minimum atomic E-state index is -0.836. The molecular weight excluding hydrogens is 451 g/mol. The number of esters is 1. The Labute approximate surface area is 195 Å². The minimum Gasteiger partial charge on any atom is -0.467 e. The summed E-state index contributed by atoms with van der Waals surface area (Å²) in [6, 6.07) is 12.9. The molecule has 2 atom stereocenters. The molecule has 166 valence electrons. The van der Waals surface area contributed by atoms with Gasteiger partial charge in [-0.3, -0.25) is 0 Å². The maximum Gasteiger partial charge on any atom is 0.328 e. The molecule has 2 N–H and O–H groups in total. The maximum absolute atomic E-state index is 13.4. The molecule has 0 spiro atoms. The second-order valence-corrected chi connectivity index (χ2v) is 8.34. The van der Waals surface area contributed by atoms with E-state index >= 15 is 0 Å². The van der Waals surface area contributed by atoms with Gasteiger partial charge in [0.2, 0.25) is 0 Å². The Morgan fingerprint density at radius 3 is 2.75 bits per heavy atom. The standard InChI is InChI=1S/C23H22Cl2N4O3/c1-32-22(30)19(11-14-5-3-2-4-6-14)28-23(31)29-10-9-18-20(27-13-26-18)21(29)16-8-7-15(24)12-17(16)25/h2-8,12-13,19,21H,9-11H2,1H3,(H,26,27)(H,28,31)/t19-,21-/m1/s1. The zero-order valence-electron chi connectivity index (χ0n) is 17.3. The van der Waals surface area contributed by atoms with Crippen LogP contribution >= 0.6 is 23.2 Å². The summed E-state index contributed by atoms with van der Waals surface area (Å²) in [4.78, 5) is 35.1. The molecule has 7 nitrogen and oxygen atoms in total. The van der Waals surface area contributed by atoms with Gasteiger partial charge in [0.15, 0.2) is 0 Å². The number of fused-ring (bicyclic) bond motifs is 1. The summed E-state index contributed by atoms with van der Waals surface area (Å²) in [5.74, 6) is -0.513. The first-order chi connectivity index (χ1) is 15.5. The van der Waals surface area contributed by atoms with Crippen LogP contribution < -0.4 is 5.32 Å². The van der Waals surface area contributed by atoms with Gasteiger partial charge in [0.1, 0.15) is 12.1 Å². The van der Waals surface area contributed by atoms with Crippen LogP contribution in [0.1, 0.15) is 28.6 Å². The van der Waals surface area contributed by atoms with Crippen molar-refractivity contribution in [3.05, 3.63) is 87.4 Å². The molecule has 0 bridgehead atoms. The lowest BCUT2D eigenvalue weighted by Crippen LogP contribution is -2.52. The van der Waals surface area contributed by atoms with Crippen LogP contribution in [0.3, 0.4) is 0 Å². The van der Waals surface area contributed by atoms with Crippen molar-refractivity contribution < 1.29 is 14.3 Å². The molecule has 1 aliphatic rings. The molecule has 3 aromatic rings. The Morgan fingerprint density at radius 1 is 1.25 bits per heavy atom. The van der Waals surface area contributed by atoms with Crippen LogP contribution in [0, 0.1) is 0 Å². The van der Waals surface area contributed by atoms with Gasteiger partial charge in [0.05, 0.1) is 19.1 Å². The summed E-state index contributed by atoms with van der Waals surface area (Å²) in [6.07, 6.45) is 2.52. The van der Waals surface area contributed by atoms with E-state index in [1.165, 1.54) is 7.11 Å². The Balaban J connectivity index is 1.63. The predicted octanol–water partition coefficient (Wildman–Crippen LogP) is 4.16. The van der Waals surface area contributed by atoms with Gasteiger partial charge in [-0.05, 0) is 23.3 Å². The molecule has 1 aromatic heterocycles. The molecule has 0 radical (unpaired) electrons. The number of methoxy groups -OCH3 is 1. The van der Waals surface area contributed by atoms with Gasteiger partial charge in [-0.15, -0.1) is 0 Å². The second kappa shape index (κ2) is 9.63. The third-order valence-corrected chi connectivity index (χ3v) is 6.07. The Hall–Kier alpha value is -3.03. The molecule has 0 aliphatic carbocycles. The molecule has 0 fully saturated rings. The number of hydrogen-bond donors (Lipinski definition) is 2. The molecule has 9 heteroatoms. The molecule has 2 amide bonds. The fraction of sp³-hybridized carbons (Fsp3) is 0.261. The Kier molecular flexibility index (Phi) is 6.67. The van der Waals surface area contributed by atoms with Crippen LogP contribution in [0.4, 0.5) is 4.79 Å². The summed E-state index contributed by atoms with van der Waals surface area (Å²) in [6.45, 7) is 0.421. The summed E-state index contributed by atoms with van der Waals surface area (Å²) in [5.41, 5.74) is 3.28. The number of imidazole rings is 1. The number of halogens is 2. The first kappa shape index (κ1) is 22.2. The molecule has 1 aliphatic heterocycles. The quantitative estimate of drug-likeness (QED) is 0.545. The van der Waals surface area contributed by atoms with E-state index in [0.717, 1.165) is 11.3 Å². The number of H-pyrrole nitrogens is 1. The van der Waals surface area contributed by atoms with Crippen LogP contribution in [-0.4, -0.2) is 46.6 Å². The lowest BCUT2D eigenvalue weighted by Gasteiger charge is -2.36. The fourth-order valence-electron chi connectivity index (χ4n) is 3.95. The third kappa shape index (κ3) is 4.59. The molecule has 0 saturated heterocycles. The normalized spacial score (nSPS) is 16.2. The number of aromatic nitrogens is 2. The molecule has 0 saturated carbocycles. The average molecular weight is 473 g/mol. The highest BCUT2D eigenvalue weighted by Gasteiger charge is 2.36. The van der Waals surface area contributed by atoms with E-state index in [2.05, 4.69) is 15.3 Å². The second-order valence-electron chi connectivity index (χ2n) is 7.49. The van der Waals surface area contributed by atoms with Crippen LogP contribution in [0.5, 0.6) is 0 Å². The van der Waals surface area contributed by atoms with Gasteiger partial charge in [-0.25, -0.2) is 14.6 Å². The number of amides is 2. The smallest absolute Gasteiger partial charge is 0.328 e. The van der Waals surface area contributed by atoms with Crippen LogP contribution in [0.2, 0.25) is 10.0 Å². The largest absolute Gasteiger partial charge is 0.467 e. The molecular formula is C23H22Cl2N4O3. The van der Waals surface area contributed by atoms with Crippen molar-refractivity contribution in [1.29, 1.82) is 0 Å². The lowest BCUT2D eigenvalue weighted by molar-refractivity contribution is -0.142. The van der Waals surface area contributed by atoms with E-state index in [1.807, 2.05) is 30.3 Å². The van der Waals surface area contributed by atoms with Crippen LogP contribution in [0.25, 0.3) is 0 Å². The number of nitrogens with zero attached hydrogens (tertiary/aromatic N) is 2. The van der Waals surface area contributed by atoms with Crippen molar-refractivity contribution in [2.75, 3.05) is 13.7 Å². The number of hydrogen-bond acceptors (Lipinski definition) is 4. The lowest BCUT2D eigenvalue weighted by atomic mass is 9.96. The number of rotatable bonds is 5. The van der Waals surface area contributed by atoms with Gasteiger partial charge < -0.3 is 19.9 Å². The van der Waals surface area contributed by atoms with Gasteiger partial charge in [0.25, 0.3) is 0 Å². The van der Waals surface area contributed by atoms with Crippen molar-refractivity contribution in [2.45, 2.75) is 24.9 Å². The Bertz CT molecular complexity index is 1120. The van der Waals surface area contributed by atoms with Gasteiger partial charge in [-0.2, -0.15) is 0 Å². The van der Waals surface area contributed by atoms with E-state index in [0.29, 0.717) is 40.7 Å². The molecule has 0 unspecified atom stereocenters. The number of urea groups is 1. The summed E-state index contributed by atoms with van der Waals surface area (Å²) < 4.78 is 4.94. The Morgan fingerprint density at radius 2 is 2.03 bits per heavy atom. The van der Waals surface area contributed by atoms with Crippen molar-refractivity contribution >= 4 is 35.2 Å². The van der Waals surface area contributed by atoms with Gasteiger partial charge >= 0.3 is 12.0 Å². The van der Waals surface area contributed by atoms with E-state index in [4.69, 9.17) is 27.9 Å². The highest BCUT2D eigenvalue weighted by Crippen LogP contribution is 2.37. The zero-order chi connectivity index (χ0) is 22.7. The molecule has 32 heavy (non-hydrogen) atoms. The number of carbonyl (C=O) groups is 2. The monoisotopic (exact) mass is 472 g/mol. The van der Waals surface area contributed by atoms with Gasteiger partial charge in [-0.1, -0.05) is 59.6 Å². The topological polar surface area (TPSA) is 87.3 Å². The fourth-order valence-corrected chi connectivity index (χ4v) is 4.46. The van der Waals surface area contributed by atoms with E-state index in [9.17, 15) is 9.59 Å². The number of carbonyl (C=O) groups excluding carboxylic acids is 2. The first-order valence-corrected chi connectivity index (χ1v) is 10.9. The summed E-state index contributed by atoms with van der Waals surface area (Å²) >= 11 is 12.6. The van der Waals surface area contributed by atoms with E-state index in [-0.39, 0.29) is 0 Å². The molecule has 2 aromatic carbocycles. The highest BCUT2D eigenvalue weighted by molar-refractivity contribution is 6.35. The average Bonchev–Trinajstić information content (AvgIpc) is 3.27. The summed E-state index contributed by atoms with van der Waals surface area (Å²) in [5, 5.41) is 3.78.